The molecule has 23 heavy (non-hydrogen) atoms. The average molecular weight is 335 g/mol. The number of nitrogens with one attached hydrogen (secondary N) is 1. The van der Waals surface area contributed by atoms with Crippen molar-refractivity contribution in [3.63, 3.8) is 0 Å². The van der Waals surface area contributed by atoms with E-state index in [4.69, 9.17) is 4.52 Å². The van der Waals surface area contributed by atoms with Crippen LogP contribution in [0.15, 0.2) is 35.0 Å². The van der Waals surface area contributed by atoms with Gasteiger partial charge in [0.15, 0.2) is 11.5 Å². The van der Waals surface area contributed by atoms with E-state index in [0.717, 1.165) is 5.69 Å². The van der Waals surface area contributed by atoms with Crippen molar-refractivity contribution in [1.29, 1.82) is 0 Å². The van der Waals surface area contributed by atoms with Crippen molar-refractivity contribution in [1.82, 2.24) is 30.5 Å². The molecule has 0 fully saturated rings. The number of nitrogens with zero attached hydrogens (tertiary/aromatic N) is 5. The van der Waals surface area contributed by atoms with Gasteiger partial charge >= 0.3 is 0 Å². The van der Waals surface area contributed by atoms with Gasteiger partial charge in [-0.3, -0.25) is 0 Å². The van der Waals surface area contributed by atoms with E-state index >= 15 is 0 Å². The molecule has 0 bridgehead atoms. The lowest BCUT2D eigenvalue weighted by Crippen LogP contribution is -2.24. The van der Waals surface area contributed by atoms with Crippen molar-refractivity contribution in [2.24, 2.45) is 0 Å². The molecular weight excluding hydrogens is 316 g/mol. The van der Waals surface area contributed by atoms with Gasteiger partial charge in [0.05, 0.1) is 11.9 Å². The van der Waals surface area contributed by atoms with E-state index in [0.29, 0.717) is 23.8 Å². The Morgan fingerprint density at radius 2 is 2.00 bits per heavy atom. The molecule has 0 saturated carbocycles. The summed E-state index contributed by atoms with van der Waals surface area (Å²) < 4.78 is 6.95. The molecule has 1 N–H and O–H groups in total. The molecule has 2 heterocycles. The van der Waals surface area contributed by atoms with Crippen molar-refractivity contribution in [3.8, 4) is 17.3 Å². The van der Waals surface area contributed by atoms with Gasteiger partial charge in [-0.25, -0.2) is 4.68 Å². The number of benzene rings is 1. The zero-order valence-corrected chi connectivity index (χ0v) is 14.0. The van der Waals surface area contributed by atoms with Crippen molar-refractivity contribution < 1.29 is 4.52 Å². The molecule has 0 spiro atoms. The number of aromatic nitrogens is 5. The van der Waals surface area contributed by atoms with E-state index in [9.17, 15) is 0 Å². The van der Waals surface area contributed by atoms with Gasteiger partial charge in [-0.05, 0) is 33.0 Å². The molecule has 3 aromatic rings. The maximum Gasteiger partial charge on any atom is 0.280 e. The van der Waals surface area contributed by atoms with Gasteiger partial charge in [0.25, 0.3) is 5.89 Å². The lowest BCUT2D eigenvalue weighted by Gasteiger charge is -2.04. The normalized spacial score (nSPS) is 12.0. The second-order valence-corrected chi connectivity index (χ2v) is 5.29. The fourth-order valence-electron chi connectivity index (χ4n) is 2.00. The highest BCUT2D eigenvalue weighted by atomic mass is 35.5. The fourth-order valence-corrected chi connectivity index (χ4v) is 2.00. The number of hydrogen-bond acceptors (Lipinski definition) is 6. The summed E-state index contributed by atoms with van der Waals surface area (Å²) in [5.41, 5.74) is 2.70. The standard InChI is InChI=1S/C15H18N6O.ClH/c1-10-4-6-12(7-5-10)21-9-13(18-20-21)15-17-14(19-22-15)8-11(2)16-3;/h4-7,9,11,16H,8H2,1-3H3;1H. The second kappa shape index (κ2) is 7.34. The monoisotopic (exact) mass is 334 g/mol. The number of rotatable bonds is 5. The Kier molecular flexibility index (Phi) is 5.46. The van der Waals surface area contributed by atoms with E-state index in [2.05, 4.69) is 32.7 Å². The quantitative estimate of drug-likeness (QED) is 0.770. The summed E-state index contributed by atoms with van der Waals surface area (Å²) in [6.07, 6.45) is 2.48. The van der Waals surface area contributed by atoms with Crippen LogP contribution in [-0.4, -0.2) is 38.2 Å². The third kappa shape index (κ3) is 3.94. The second-order valence-electron chi connectivity index (χ2n) is 5.29. The predicted molar refractivity (Wildman–Crippen MR) is 88.9 cm³/mol. The van der Waals surface area contributed by atoms with Crippen LogP contribution in [0.5, 0.6) is 0 Å². The SMILES string of the molecule is CNC(C)Cc1noc(-c2cn(-c3ccc(C)cc3)nn2)n1.Cl. The Hall–Kier alpha value is -2.25. The van der Waals surface area contributed by atoms with Gasteiger partial charge in [-0.1, -0.05) is 28.1 Å². The smallest absolute Gasteiger partial charge is 0.280 e. The molecule has 3 rings (SSSR count). The van der Waals surface area contributed by atoms with E-state index in [1.807, 2.05) is 38.2 Å². The first-order valence-corrected chi connectivity index (χ1v) is 7.15. The van der Waals surface area contributed by atoms with Crippen molar-refractivity contribution >= 4 is 12.4 Å². The highest BCUT2D eigenvalue weighted by Gasteiger charge is 2.14. The maximum atomic E-state index is 5.26. The molecule has 0 aliphatic carbocycles. The minimum absolute atomic E-state index is 0. The molecule has 1 atom stereocenters. The Morgan fingerprint density at radius 1 is 1.26 bits per heavy atom. The number of likely N-dealkylation sites (N-methyl/N-ethyl adjacent to an activating group) is 1. The summed E-state index contributed by atoms with van der Waals surface area (Å²) in [6, 6.07) is 8.32. The fraction of sp³-hybridized carbons (Fsp3) is 0.333. The third-order valence-electron chi connectivity index (χ3n) is 3.46. The average Bonchev–Trinajstić information content (AvgIpc) is 3.17. The minimum Gasteiger partial charge on any atom is -0.332 e. The first-order valence-electron chi connectivity index (χ1n) is 7.15. The van der Waals surface area contributed by atoms with Crippen LogP contribution in [-0.2, 0) is 6.42 Å². The first kappa shape index (κ1) is 17.1. The molecular formula is C15H19ClN6O. The molecule has 0 saturated heterocycles. The highest BCUT2D eigenvalue weighted by Crippen LogP contribution is 2.16. The Morgan fingerprint density at radius 3 is 2.70 bits per heavy atom. The van der Waals surface area contributed by atoms with Crippen molar-refractivity contribution in [2.75, 3.05) is 7.05 Å². The molecule has 7 nitrogen and oxygen atoms in total. The molecule has 8 heteroatoms. The van der Waals surface area contributed by atoms with Crippen molar-refractivity contribution in [3.05, 3.63) is 41.9 Å². The maximum absolute atomic E-state index is 5.26. The van der Waals surface area contributed by atoms with Crippen LogP contribution >= 0.6 is 12.4 Å². The Balaban J connectivity index is 0.00000192. The minimum atomic E-state index is 0. The van der Waals surface area contributed by atoms with E-state index in [-0.39, 0.29) is 18.4 Å². The first-order chi connectivity index (χ1) is 10.7. The summed E-state index contributed by atoms with van der Waals surface area (Å²) >= 11 is 0. The summed E-state index contributed by atoms with van der Waals surface area (Å²) in [6.45, 7) is 4.10. The van der Waals surface area contributed by atoms with Crippen LogP contribution in [0.2, 0.25) is 0 Å². The predicted octanol–water partition coefficient (Wildman–Crippen LogP) is 2.20. The zero-order chi connectivity index (χ0) is 15.5. The largest absolute Gasteiger partial charge is 0.332 e. The van der Waals surface area contributed by atoms with Crippen LogP contribution in [0, 0.1) is 6.92 Å². The zero-order valence-electron chi connectivity index (χ0n) is 13.2. The van der Waals surface area contributed by atoms with Crippen LogP contribution in [0.1, 0.15) is 18.3 Å². The van der Waals surface area contributed by atoms with E-state index < -0.39 is 0 Å². The van der Waals surface area contributed by atoms with E-state index in [1.54, 1.807) is 10.9 Å². The summed E-state index contributed by atoms with van der Waals surface area (Å²) in [7, 11) is 1.90. The van der Waals surface area contributed by atoms with Gasteiger partial charge in [0, 0.05) is 12.5 Å². The van der Waals surface area contributed by atoms with Gasteiger partial charge in [-0.15, -0.1) is 17.5 Å². The van der Waals surface area contributed by atoms with Crippen LogP contribution in [0.25, 0.3) is 17.3 Å². The highest BCUT2D eigenvalue weighted by molar-refractivity contribution is 5.85. The van der Waals surface area contributed by atoms with Crippen LogP contribution in [0.4, 0.5) is 0 Å². The van der Waals surface area contributed by atoms with Gasteiger partial charge < -0.3 is 9.84 Å². The third-order valence-corrected chi connectivity index (χ3v) is 3.46. The molecule has 0 aliphatic rings. The van der Waals surface area contributed by atoms with Gasteiger partial charge in [0.1, 0.15) is 0 Å². The van der Waals surface area contributed by atoms with E-state index in [1.165, 1.54) is 5.56 Å². The molecule has 0 amide bonds. The molecule has 1 aromatic carbocycles. The Bertz CT molecular complexity index is 751. The van der Waals surface area contributed by atoms with Crippen LogP contribution in [0.3, 0.4) is 0 Å². The van der Waals surface area contributed by atoms with Gasteiger partial charge in [-0.2, -0.15) is 4.98 Å². The summed E-state index contributed by atoms with van der Waals surface area (Å²) in [4.78, 5) is 4.36. The molecule has 0 radical (unpaired) electrons. The lowest BCUT2D eigenvalue weighted by atomic mass is 10.2. The Labute approximate surface area is 140 Å². The van der Waals surface area contributed by atoms with Crippen LogP contribution < -0.4 is 5.32 Å². The number of aryl methyl sites for hydroxylation is 1. The number of halogens is 1. The summed E-state index contributed by atoms with van der Waals surface area (Å²) in [5, 5.41) is 15.3. The number of hydrogen-bond donors (Lipinski definition) is 1. The molecule has 2 aromatic heterocycles. The molecule has 1 unspecified atom stereocenters. The lowest BCUT2D eigenvalue weighted by molar-refractivity contribution is 0.417. The summed E-state index contributed by atoms with van der Waals surface area (Å²) in [5.74, 6) is 1.04. The van der Waals surface area contributed by atoms with Gasteiger partial charge in [0.2, 0.25) is 0 Å². The molecule has 0 aliphatic heterocycles. The molecule has 122 valence electrons. The topological polar surface area (TPSA) is 81.7 Å². The van der Waals surface area contributed by atoms with Crippen molar-refractivity contribution in [2.45, 2.75) is 26.3 Å².